The summed E-state index contributed by atoms with van der Waals surface area (Å²) in [4.78, 5) is 25.8. The molecule has 0 saturated carbocycles. The van der Waals surface area contributed by atoms with Gasteiger partial charge in [0.1, 0.15) is 17.8 Å². The molecule has 1 fully saturated rings. The Hall–Kier alpha value is -3.09. The number of amides is 1. The SMILES string of the molecule is CC(C)COc1cc(N2CCN(C(=O)c3cc4ccccc4n3C)CC2)ncn1. The van der Waals surface area contributed by atoms with Gasteiger partial charge in [0.2, 0.25) is 5.88 Å². The molecule has 7 heteroatoms. The Balaban J connectivity index is 1.42. The predicted octanol–water partition coefficient (Wildman–Crippen LogP) is 2.97. The summed E-state index contributed by atoms with van der Waals surface area (Å²) in [7, 11) is 1.95. The highest BCUT2D eigenvalue weighted by molar-refractivity contribution is 5.98. The fourth-order valence-electron chi connectivity index (χ4n) is 3.63. The number of fused-ring (bicyclic) bond motifs is 1. The molecule has 1 aliphatic rings. The first-order chi connectivity index (χ1) is 14.0. The first-order valence-electron chi connectivity index (χ1n) is 10.1. The predicted molar refractivity (Wildman–Crippen MR) is 113 cm³/mol. The number of ether oxygens (including phenoxy) is 1. The van der Waals surface area contributed by atoms with Crippen molar-refractivity contribution in [2.45, 2.75) is 13.8 Å². The van der Waals surface area contributed by atoms with Crippen molar-refractivity contribution in [1.82, 2.24) is 19.4 Å². The molecular formula is C22H27N5O2. The fraction of sp³-hybridized carbons (Fsp3) is 0.409. The number of hydrogen-bond donors (Lipinski definition) is 0. The zero-order valence-electron chi connectivity index (χ0n) is 17.2. The second-order valence-corrected chi connectivity index (χ2v) is 7.85. The zero-order valence-corrected chi connectivity index (χ0v) is 17.2. The number of para-hydroxylation sites is 1. The molecule has 1 aromatic carbocycles. The Kier molecular flexibility index (Phi) is 5.38. The molecule has 7 nitrogen and oxygen atoms in total. The summed E-state index contributed by atoms with van der Waals surface area (Å²) in [6.45, 7) is 7.62. The van der Waals surface area contributed by atoms with Crippen LogP contribution in [0.15, 0.2) is 42.7 Å². The van der Waals surface area contributed by atoms with Crippen molar-refractivity contribution >= 4 is 22.6 Å². The topological polar surface area (TPSA) is 63.5 Å². The van der Waals surface area contributed by atoms with Gasteiger partial charge in [-0.2, -0.15) is 0 Å². The van der Waals surface area contributed by atoms with Crippen LogP contribution in [0.4, 0.5) is 5.82 Å². The maximum absolute atomic E-state index is 13.1. The Morgan fingerprint density at radius 2 is 1.86 bits per heavy atom. The summed E-state index contributed by atoms with van der Waals surface area (Å²) < 4.78 is 7.69. The second-order valence-electron chi connectivity index (χ2n) is 7.85. The van der Waals surface area contributed by atoms with Crippen LogP contribution in [0.3, 0.4) is 0 Å². The summed E-state index contributed by atoms with van der Waals surface area (Å²) in [5, 5.41) is 1.09. The van der Waals surface area contributed by atoms with Crippen LogP contribution in [-0.2, 0) is 7.05 Å². The lowest BCUT2D eigenvalue weighted by Crippen LogP contribution is -2.49. The average molecular weight is 393 g/mol. The lowest BCUT2D eigenvalue weighted by Gasteiger charge is -2.35. The molecule has 0 N–H and O–H groups in total. The Bertz CT molecular complexity index is 1010. The molecule has 3 heterocycles. The van der Waals surface area contributed by atoms with Gasteiger partial charge in [-0.25, -0.2) is 9.97 Å². The third-order valence-electron chi connectivity index (χ3n) is 5.25. The minimum absolute atomic E-state index is 0.0759. The van der Waals surface area contributed by atoms with Crippen LogP contribution in [0, 0.1) is 5.92 Å². The molecule has 29 heavy (non-hydrogen) atoms. The molecule has 0 aliphatic carbocycles. The van der Waals surface area contributed by atoms with Crippen LogP contribution in [0.5, 0.6) is 5.88 Å². The molecule has 0 bridgehead atoms. The van der Waals surface area contributed by atoms with E-state index in [0.717, 1.165) is 35.5 Å². The van der Waals surface area contributed by atoms with Gasteiger partial charge in [0.05, 0.1) is 6.61 Å². The maximum Gasteiger partial charge on any atom is 0.270 e. The van der Waals surface area contributed by atoms with Crippen molar-refractivity contribution in [3.05, 3.63) is 48.4 Å². The van der Waals surface area contributed by atoms with Crippen LogP contribution in [0.1, 0.15) is 24.3 Å². The van der Waals surface area contributed by atoms with Crippen molar-refractivity contribution in [1.29, 1.82) is 0 Å². The van der Waals surface area contributed by atoms with E-state index < -0.39 is 0 Å². The highest BCUT2D eigenvalue weighted by Gasteiger charge is 2.25. The minimum Gasteiger partial charge on any atom is -0.477 e. The van der Waals surface area contributed by atoms with Crippen LogP contribution in [0.25, 0.3) is 10.9 Å². The molecule has 1 amide bonds. The minimum atomic E-state index is 0.0759. The molecule has 1 saturated heterocycles. The third-order valence-corrected chi connectivity index (χ3v) is 5.25. The van der Waals surface area contributed by atoms with E-state index in [1.165, 1.54) is 6.33 Å². The van der Waals surface area contributed by atoms with Gasteiger partial charge < -0.3 is 19.1 Å². The van der Waals surface area contributed by atoms with Crippen molar-refractivity contribution in [3.63, 3.8) is 0 Å². The van der Waals surface area contributed by atoms with E-state index in [1.54, 1.807) is 0 Å². The number of aromatic nitrogens is 3. The van der Waals surface area contributed by atoms with E-state index >= 15 is 0 Å². The van der Waals surface area contributed by atoms with E-state index in [1.807, 2.05) is 52.9 Å². The number of carbonyl (C=O) groups is 1. The van der Waals surface area contributed by atoms with Crippen LogP contribution < -0.4 is 9.64 Å². The lowest BCUT2D eigenvalue weighted by atomic mass is 10.2. The van der Waals surface area contributed by atoms with E-state index in [4.69, 9.17) is 4.74 Å². The number of nitrogens with zero attached hydrogens (tertiary/aromatic N) is 5. The molecule has 4 rings (SSSR count). The van der Waals surface area contributed by atoms with Crippen molar-refractivity contribution in [3.8, 4) is 5.88 Å². The van der Waals surface area contributed by atoms with Gasteiger partial charge in [-0.3, -0.25) is 4.79 Å². The lowest BCUT2D eigenvalue weighted by molar-refractivity contribution is 0.0737. The number of anilines is 1. The monoisotopic (exact) mass is 393 g/mol. The van der Waals surface area contributed by atoms with E-state index in [2.05, 4.69) is 28.7 Å². The first kappa shape index (κ1) is 19.2. The molecular weight excluding hydrogens is 366 g/mol. The maximum atomic E-state index is 13.1. The van der Waals surface area contributed by atoms with Gasteiger partial charge in [-0.05, 0) is 18.1 Å². The molecule has 1 aliphatic heterocycles. The van der Waals surface area contributed by atoms with Crippen LogP contribution in [-0.4, -0.2) is 58.1 Å². The second kappa shape index (κ2) is 8.11. The Morgan fingerprint density at radius 1 is 1.10 bits per heavy atom. The summed E-state index contributed by atoms with van der Waals surface area (Å²) in [5.41, 5.74) is 1.80. The molecule has 0 spiro atoms. The fourth-order valence-corrected chi connectivity index (χ4v) is 3.63. The number of carbonyl (C=O) groups excluding carboxylic acids is 1. The Labute approximate surface area is 170 Å². The molecule has 3 aromatic rings. The van der Waals surface area contributed by atoms with Crippen molar-refractivity contribution in [2.24, 2.45) is 13.0 Å². The number of piperazine rings is 1. The molecule has 0 radical (unpaired) electrons. The number of aryl methyl sites for hydroxylation is 1. The normalized spacial score (nSPS) is 14.6. The summed E-state index contributed by atoms with van der Waals surface area (Å²) in [6, 6.07) is 11.9. The van der Waals surface area contributed by atoms with Gasteiger partial charge in [0.15, 0.2) is 0 Å². The van der Waals surface area contributed by atoms with E-state index in [-0.39, 0.29) is 5.91 Å². The summed E-state index contributed by atoms with van der Waals surface area (Å²) >= 11 is 0. The smallest absolute Gasteiger partial charge is 0.270 e. The third kappa shape index (κ3) is 4.04. The van der Waals surface area contributed by atoms with Gasteiger partial charge in [0.25, 0.3) is 5.91 Å². The van der Waals surface area contributed by atoms with Crippen molar-refractivity contribution < 1.29 is 9.53 Å². The van der Waals surface area contributed by atoms with E-state index in [9.17, 15) is 4.79 Å². The van der Waals surface area contributed by atoms with Crippen molar-refractivity contribution in [2.75, 3.05) is 37.7 Å². The Morgan fingerprint density at radius 3 is 2.59 bits per heavy atom. The van der Waals surface area contributed by atoms with Crippen LogP contribution in [0.2, 0.25) is 0 Å². The van der Waals surface area contributed by atoms with E-state index in [0.29, 0.717) is 31.5 Å². The summed E-state index contributed by atoms with van der Waals surface area (Å²) in [5.74, 6) is 1.96. The highest BCUT2D eigenvalue weighted by atomic mass is 16.5. The molecule has 152 valence electrons. The van der Waals surface area contributed by atoms with Gasteiger partial charge >= 0.3 is 0 Å². The molecule has 2 aromatic heterocycles. The molecule has 0 atom stereocenters. The largest absolute Gasteiger partial charge is 0.477 e. The number of benzene rings is 1. The number of rotatable bonds is 5. The van der Waals surface area contributed by atoms with Gasteiger partial charge in [-0.15, -0.1) is 0 Å². The average Bonchev–Trinajstić information content (AvgIpc) is 3.09. The zero-order chi connectivity index (χ0) is 20.4. The first-order valence-corrected chi connectivity index (χ1v) is 10.1. The highest BCUT2D eigenvalue weighted by Crippen LogP contribution is 2.22. The molecule has 0 unspecified atom stereocenters. The van der Waals surface area contributed by atoms with Crippen LogP contribution >= 0.6 is 0 Å². The van der Waals surface area contributed by atoms with Gasteiger partial charge in [-0.1, -0.05) is 32.0 Å². The summed E-state index contributed by atoms with van der Waals surface area (Å²) in [6.07, 6.45) is 1.54. The number of hydrogen-bond acceptors (Lipinski definition) is 5. The standard InChI is InChI=1S/C22H27N5O2/c1-16(2)14-29-21-13-20(23-15-24-21)26-8-10-27(11-9-26)22(28)19-12-17-6-4-5-7-18(17)25(19)3/h4-7,12-13,15-16H,8-11,14H2,1-3H3. The van der Waals surface area contributed by atoms with Gasteiger partial charge in [0, 0.05) is 50.2 Å². The quantitative estimate of drug-likeness (QED) is 0.667.